The summed E-state index contributed by atoms with van der Waals surface area (Å²) in [4.78, 5) is 15.4. The van der Waals surface area contributed by atoms with E-state index in [9.17, 15) is 23.1 Å². The number of hydrogen-bond acceptors (Lipinski definition) is 3. The molecule has 3 N–H and O–H groups in total. The molecule has 0 unspecified atom stereocenters. The highest BCUT2D eigenvalue weighted by Crippen LogP contribution is 2.31. The molecule has 0 spiro atoms. The molecule has 1 aromatic carbocycles. The fourth-order valence-corrected chi connectivity index (χ4v) is 2.65. The summed E-state index contributed by atoms with van der Waals surface area (Å²) in [6, 6.07) is 6.33. The highest BCUT2D eigenvalue weighted by atomic mass is 19.4. The zero-order valence-corrected chi connectivity index (χ0v) is 12.2. The van der Waals surface area contributed by atoms with Gasteiger partial charge in [0.1, 0.15) is 0 Å². The lowest BCUT2D eigenvalue weighted by molar-refractivity contribution is -0.137. The number of pyridine rings is 1. The van der Waals surface area contributed by atoms with Crippen molar-refractivity contribution in [2.24, 2.45) is 0 Å². The lowest BCUT2D eigenvalue weighted by Gasteiger charge is -2.11. The van der Waals surface area contributed by atoms with Gasteiger partial charge in [0.05, 0.1) is 16.8 Å². The van der Waals surface area contributed by atoms with Gasteiger partial charge in [-0.05, 0) is 23.8 Å². The molecule has 124 valence electrons. The lowest BCUT2D eigenvalue weighted by atomic mass is 10.1. The van der Waals surface area contributed by atoms with Gasteiger partial charge in [-0.2, -0.15) is 13.2 Å². The van der Waals surface area contributed by atoms with Gasteiger partial charge in [-0.1, -0.05) is 12.1 Å². The maximum absolute atomic E-state index is 12.8. The number of nitrogens with zero attached hydrogens (tertiary/aromatic N) is 2. The Hall–Kier alpha value is -3.03. The van der Waals surface area contributed by atoms with Crippen LogP contribution in [0.1, 0.15) is 21.6 Å². The van der Waals surface area contributed by atoms with Crippen LogP contribution in [0.3, 0.4) is 0 Å². The molecule has 2 heterocycles. The topological polar surface area (TPSA) is 81.1 Å². The van der Waals surface area contributed by atoms with Crippen LogP contribution in [0.25, 0.3) is 10.9 Å². The number of carbonyl (C=O) groups is 1. The van der Waals surface area contributed by atoms with Crippen molar-refractivity contribution in [3.8, 4) is 0 Å². The number of hydrogen-bond donors (Lipinski definition) is 2. The molecule has 0 aliphatic rings. The first-order valence-electron chi connectivity index (χ1n) is 6.90. The van der Waals surface area contributed by atoms with Gasteiger partial charge in [-0.25, -0.2) is 4.79 Å². The average molecular weight is 335 g/mol. The molecule has 2 aromatic heterocycles. The third kappa shape index (κ3) is 2.66. The van der Waals surface area contributed by atoms with Gasteiger partial charge in [0.2, 0.25) is 0 Å². The van der Waals surface area contributed by atoms with E-state index in [1.54, 1.807) is 6.07 Å². The second-order valence-corrected chi connectivity index (χ2v) is 5.24. The highest BCUT2D eigenvalue weighted by Gasteiger charge is 2.30. The monoisotopic (exact) mass is 335 g/mol. The van der Waals surface area contributed by atoms with Crippen LogP contribution in [0.5, 0.6) is 0 Å². The summed E-state index contributed by atoms with van der Waals surface area (Å²) in [5.41, 5.74) is 5.77. The van der Waals surface area contributed by atoms with Gasteiger partial charge < -0.3 is 15.4 Å². The number of aromatic carboxylic acids is 1. The number of benzene rings is 1. The molecule has 0 amide bonds. The Kier molecular flexibility index (Phi) is 3.67. The van der Waals surface area contributed by atoms with Crippen LogP contribution in [0, 0.1) is 0 Å². The molecule has 0 aliphatic heterocycles. The van der Waals surface area contributed by atoms with E-state index in [2.05, 4.69) is 4.98 Å². The van der Waals surface area contributed by atoms with Gasteiger partial charge in [0.15, 0.2) is 5.69 Å². The van der Waals surface area contributed by atoms with Crippen LogP contribution in [0.15, 0.2) is 42.7 Å². The summed E-state index contributed by atoms with van der Waals surface area (Å²) in [7, 11) is 0. The number of aromatic nitrogens is 2. The summed E-state index contributed by atoms with van der Waals surface area (Å²) in [5, 5.41) is 9.85. The molecule has 0 bridgehead atoms. The molecule has 0 radical (unpaired) electrons. The first-order valence-corrected chi connectivity index (χ1v) is 6.90. The van der Waals surface area contributed by atoms with E-state index in [1.807, 2.05) is 0 Å². The van der Waals surface area contributed by atoms with E-state index in [0.29, 0.717) is 16.5 Å². The summed E-state index contributed by atoms with van der Waals surface area (Å²) in [6.07, 6.45) is -1.57. The third-order valence-electron chi connectivity index (χ3n) is 3.70. The number of alkyl halides is 3. The van der Waals surface area contributed by atoms with E-state index in [4.69, 9.17) is 5.73 Å². The van der Waals surface area contributed by atoms with Crippen molar-refractivity contribution in [1.82, 2.24) is 9.55 Å². The van der Waals surface area contributed by atoms with Gasteiger partial charge in [-0.3, -0.25) is 4.98 Å². The van der Waals surface area contributed by atoms with Gasteiger partial charge in [0, 0.05) is 24.3 Å². The Morgan fingerprint density at radius 3 is 2.71 bits per heavy atom. The zero-order chi connectivity index (χ0) is 17.5. The Morgan fingerprint density at radius 1 is 1.29 bits per heavy atom. The molecular weight excluding hydrogens is 323 g/mol. The van der Waals surface area contributed by atoms with E-state index in [0.717, 1.165) is 12.1 Å². The molecular formula is C16H12F3N3O2. The van der Waals surface area contributed by atoms with Crippen LogP contribution < -0.4 is 5.73 Å². The molecule has 0 aliphatic carbocycles. The van der Waals surface area contributed by atoms with Crippen molar-refractivity contribution >= 4 is 22.6 Å². The quantitative estimate of drug-likeness (QED) is 0.769. The summed E-state index contributed by atoms with van der Waals surface area (Å²) < 4.78 is 39.9. The summed E-state index contributed by atoms with van der Waals surface area (Å²) >= 11 is 0. The minimum Gasteiger partial charge on any atom is -0.477 e. The van der Waals surface area contributed by atoms with Crippen LogP contribution in [0.4, 0.5) is 18.9 Å². The molecule has 0 fully saturated rings. The number of fused-ring (bicyclic) bond motifs is 1. The predicted molar refractivity (Wildman–Crippen MR) is 81.7 cm³/mol. The first kappa shape index (κ1) is 15.9. The second-order valence-electron chi connectivity index (χ2n) is 5.24. The van der Waals surface area contributed by atoms with Crippen LogP contribution >= 0.6 is 0 Å². The Morgan fingerprint density at radius 2 is 2.04 bits per heavy atom. The standard InChI is InChI=1S/C16H12F3N3O2/c17-16(18,19)10-3-1-2-9(6-10)8-22-12-4-5-21-7-11(12)13(20)14(22)15(23)24/h1-7H,8,20H2,(H,23,24). The number of carboxylic acids is 1. The predicted octanol–water partition coefficient (Wildman–Crippen LogP) is 3.38. The Bertz CT molecular complexity index is 932. The number of carboxylic acid groups (broad SMARTS) is 1. The number of nitrogens with two attached hydrogens (primary N) is 1. The average Bonchev–Trinajstić information content (AvgIpc) is 2.80. The lowest BCUT2D eigenvalue weighted by Crippen LogP contribution is -2.12. The number of rotatable bonds is 3. The van der Waals surface area contributed by atoms with Crippen molar-refractivity contribution in [3.05, 3.63) is 59.5 Å². The Balaban J connectivity index is 2.14. The summed E-state index contributed by atoms with van der Waals surface area (Å²) in [5.74, 6) is -1.25. The number of nitrogen functional groups attached to an aromatic ring is 1. The Labute approximate surface area is 134 Å². The zero-order valence-electron chi connectivity index (χ0n) is 12.2. The minimum atomic E-state index is -4.46. The number of halogens is 3. The maximum atomic E-state index is 12.8. The van der Waals surface area contributed by atoms with E-state index in [-0.39, 0.29) is 17.9 Å². The van der Waals surface area contributed by atoms with E-state index in [1.165, 1.54) is 29.1 Å². The molecule has 0 atom stereocenters. The normalized spacial score (nSPS) is 11.8. The fraction of sp³-hybridized carbons (Fsp3) is 0.125. The van der Waals surface area contributed by atoms with Gasteiger partial charge >= 0.3 is 12.1 Å². The molecule has 3 aromatic rings. The SMILES string of the molecule is Nc1c(C(=O)O)n(Cc2cccc(C(F)(F)F)c2)c2ccncc12. The maximum Gasteiger partial charge on any atom is 0.416 e. The fourth-order valence-electron chi connectivity index (χ4n) is 2.65. The summed E-state index contributed by atoms with van der Waals surface area (Å²) in [6.45, 7) is -0.0523. The second kappa shape index (κ2) is 5.55. The van der Waals surface area contributed by atoms with Crippen molar-refractivity contribution < 1.29 is 23.1 Å². The molecule has 0 saturated heterocycles. The molecule has 8 heteroatoms. The van der Waals surface area contributed by atoms with E-state index < -0.39 is 17.7 Å². The van der Waals surface area contributed by atoms with Crippen molar-refractivity contribution in [2.75, 3.05) is 5.73 Å². The van der Waals surface area contributed by atoms with Crippen molar-refractivity contribution in [1.29, 1.82) is 0 Å². The number of anilines is 1. The van der Waals surface area contributed by atoms with Crippen LogP contribution in [0.2, 0.25) is 0 Å². The van der Waals surface area contributed by atoms with Crippen LogP contribution in [-0.2, 0) is 12.7 Å². The first-order chi connectivity index (χ1) is 11.3. The highest BCUT2D eigenvalue weighted by molar-refractivity contribution is 6.05. The third-order valence-corrected chi connectivity index (χ3v) is 3.70. The van der Waals surface area contributed by atoms with Crippen molar-refractivity contribution in [3.63, 3.8) is 0 Å². The molecule has 5 nitrogen and oxygen atoms in total. The minimum absolute atomic E-state index is 0.0394. The van der Waals surface area contributed by atoms with Crippen molar-refractivity contribution in [2.45, 2.75) is 12.7 Å². The smallest absolute Gasteiger partial charge is 0.416 e. The molecule has 0 saturated carbocycles. The van der Waals surface area contributed by atoms with Crippen LogP contribution in [-0.4, -0.2) is 20.6 Å². The molecule has 24 heavy (non-hydrogen) atoms. The van der Waals surface area contributed by atoms with Gasteiger partial charge in [0.25, 0.3) is 0 Å². The van der Waals surface area contributed by atoms with Gasteiger partial charge in [-0.15, -0.1) is 0 Å². The van der Waals surface area contributed by atoms with E-state index >= 15 is 0 Å². The largest absolute Gasteiger partial charge is 0.477 e. The molecule has 3 rings (SSSR count).